The van der Waals surface area contributed by atoms with E-state index in [2.05, 4.69) is 82.2 Å². The molecule has 4 nitrogen and oxygen atoms in total. The lowest BCUT2D eigenvalue weighted by Gasteiger charge is -2.02. The smallest absolute Gasteiger partial charge is 0.215 e. The van der Waals surface area contributed by atoms with E-state index in [1.54, 1.807) is 0 Å². The first-order chi connectivity index (χ1) is 12.3. The quantitative estimate of drug-likeness (QED) is 0.400. The van der Waals surface area contributed by atoms with Gasteiger partial charge in [0.05, 0.1) is 27.6 Å². The Bertz CT molecular complexity index is 1460. The van der Waals surface area contributed by atoms with Crippen molar-refractivity contribution in [2.24, 2.45) is 14.1 Å². The Morgan fingerprint density at radius 2 is 1.40 bits per heavy atom. The summed E-state index contributed by atoms with van der Waals surface area (Å²) < 4.78 is 6.79. The molecule has 4 heteroatoms. The van der Waals surface area contributed by atoms with E-state index < -0.39 is 0 Å². The predicted molar refractivity (Wildman–Crippen MR) is 103 cm³/mol. The highest BCUT2D eigenvalue weighted by molar-refractivity contribution is 6.17. The molecule has 120 valence electrons. The Morgan fingerprint density at radius 1 is 0.640 bits per heavy atom. The summed E-state index contributed by atoms with van der Waals surface area (Å²) in [6.07, 6.45) is 0. The molecule has 0 amide bonds. The minimum atomic E-state index is 0.981. The van der Waals surface area contributed by atoms with E-state index >= 15 is 0 Å². The van der Waals surface area contributed by atoms with Gasteiger partial charge < -0.3 is 9.13 Å². The fourth-order valence-corrected chi connectivity index (χ4v) is 4.30. The van der Waals surface area contributed by atoms with Gasteiger partial charge in [0.15, 0.2) is 0 Å². The molecule has 6 aromatic rings. The maximum absolute atomic E-state index is 4.86. The zero-order chi connectivity index (χ0) is 16.7. The first-order valence-electron chi connectivity index (χ1n) is 8.47. The molecule has 0 aliphatic heterocycles. The van der Waals surface area contributed by atoms with Crippen molar-refractivity contribution >= 4 is 49.7 Å². The van der Waals surface area contributed by atoms with E-state index in [9.17, 15) is 0 Å². The summed E-state index contributed by atoms with van der Waals surface area (Å²) in [4.78, 5) is 4.86. The van der Waals surface area contributed by atoms with Crippen LogP contribution in [0.3, 0.4) is 0 Å². The summed E-state index contributed by atoms with van der Waals surface area (Å²) in [5.41, 5.74) is 7.12. The molecule has 3 heterocycles. The first-order valence-corrected chi connectivity index (χ1v) is 8.47. The minimum Gasteiger partial charge on any atom is -0.342 e. The van der Waals surface area contributed by atoms with E-state index in [0.29, 0.717) is 0 Å². The normalized spacial score (nSPS) is 12.4. The molecule has 0 aliphatic carbocycles. The van der Waals surface area contributed by atoms with E-state index in [1.807, 2.05) is 6.07 Å². The second-order valence-electron chi connectivity index (χ2n) is 6.70. The van der Waals surface area contributed by atoms with Gasteiger partial charge in [-0.25, -0.2) is 4.98 Å². The molecular formula is C21H16N4. The number of aryl methyl sites for hydroxylation is 2. The van der Waals surface area contributed by atoms with Crippen LogP contribution in [0.15, 0.2) is 60.7 Å². The van der Waals surface area contributed by atoms with Crippen molar-refractivity contribution in [1.29, 1.82) is 0 Å². The van der Waals surface area contributed by atoms with Gasteiger partial charge in [0.2, 0.25) is 5.78 Å². The third-order valence-electron chi connectivity index (χ3n) is 5.45. The van der Waals surface area contributed by atoms with E-state index in [4.69, 9.17) is 4.98 Å². The van der Waals surface area contributed by atoms with Gasteiger partial charge in [0.25, 0.3) is 0 Å². The Hall–Kier alpha value is -3.27. The molecule has 6 rings (SSSR count). The van der Waals surface area contributed by atoms with Gasteiger partial charge >= 0.3 is 0 Å². The zero-order valence-electron chi connectivity index (χ0n) is 14.1. The Labute approximate surface area is 143 Å². The number of fused-ring (bicyclic) bond motifs is 9. The lowest BCUT2D eigenvalue weighted by Crippen LogP contribution is -1.90. The predicted octanol–water partition coefficient (Wildman–Crippen LogP) is 4.62. The number of benzene rings is 3. The molecule has 0 saturated heterocycles. The van der Waals surface area contributed by atoms with Crippen molar-refractivity contribution in [3.05, 3.63) is 60.7 Å². The second-order valence-corrected chi connectivity index (χ2v) is 6.70. The van der Waals surface area contributed by atoms with Crippen LogP contribution in [0, 0.1) is 0 Å². The van der Waals surface area contributed by atoms with Crippen LogP contribution in [0.25, 0.3) is 49.7 Å². The number of para-hydroxylation sites is 3. The van der Waals surface area contributed by atoms with Crippen molar-refractivity contribution in [2.45, 2.75) is 0 Å². The molecule has 0 N–H and O–H groups in total. The van der Waals surface area contributed by atoms with Crippen molar-refractivity contribution in [1.82, 2.24) is 18.5 Å². The van der Waals surface area contributed by atoms with Gasteiger partial charge in [-0.15, -0.1) is 0 Å². The fraction of sp³-hybridized carbons (Fsp3) is 0.0952. The monoisotopic (exact) mass is 324 g/mol. The van der Waals surface area contributed by atoms with Gasteiger partial charge in [-0.05, 0) is 30.3 Å². The molecule has 0 unspecified atom stereocenters. The first kappa shape index (κ1) is 13.1. The van der Waals surface area contributed by atoms with E-state index in [0.717, 1.165) is 16.8 Å². The van der Waals surface area contributed by atoms with Crippen LogP contribution < -0.4 is 0 Å². The zero-order valence-corrected chi connectivity index (χ0v) is 14.1. The summed E-state index contributed by atoms with van der Waals surface area (Å²) in [7, 11) is 4.25. The standard InChI is InChI=1S/C21H16N4/c1-23-16-9-5-3-7-13(16)14-11-12-18-20(19(14)23)25-17-10-6-4-8-15(17)22-21(25)24(18)2/h3-12H,1-2H3. The SMILES string of the molecule is Cn1c2ccccc2c2ccc3c(c21)n1c2ccccc2nc1n3C. The van der Waals surface area contributed by atoms with Crippen LogP contribution in [0.4, 0.5) is 0 Å². The third-order valence-corrected chi connectivity index (χ3v) is 5.45. The number of hydrogen-bond donors (Lipinski definition) is 0. The van der Waals surface area contributed by atoms with Gasteiger partial charge in [0, 0.05) is 30.4 Å². The lowest BCUT2D eigenvalue weighted by molar-refractivity contribution is 0.974. The molecule has 0 atom stereocenters. The van der Waals surface area contributed by atoms with Crippen LogP contribution in [-0.4, -0.2) is 18.5 Å². The van der Waals surface area contributed by atoms with E-state index in [-0.39, 0.29) is 0 Å². The average molecular weight is 324 g/mol. The number of hydrogen-bond acceptors (Lipinski definition) is 1. The number of imidazole rings is 2. The second kappa shape index (κ2) is 4.22. The summed E-state index contributed by atoms with van der Waals surface area (Å²) in [6.45, 7) is 0. The summed E-state index contributed by atoms with van der Waals surface area (Å²) in [5.74, 6) is 0.981. The van der Waals surface area contributed by atoms with E-state index in [1.165, 1.54) is 32.8 Å². The Balaban J connectivity index is 2.02. The van der Waals surface area contributed by atoms with Crippen molar-refractivity contribution < 1.29 is 0 Å². The molecule has 0 aliphatic rings. The third kappa shape index (κ3) is 1.41. The number of aromatic nitrogens is 4. The summed E-state index contributed by atoms with van der Waals surface area (Å²) >= 11 is 0. The van der Waals surface area contributed by atoms with Gasteiger partial charge in [0.1, 0.15) is 0 Å². The number of rotatable bonds is 0. The fourth-order valence-electron chi connectivity index (χ4n) is 4.30. The van der Waals surface area contributed by atoms with Gasteiger partial charge in [-0.3, -0.25) is 4.40 Å². The highest BCUT2D eigenvalue weighted by Crippen LogP contribution is 2.35. The molecule has 0 spiro atoms. The Morgan fingerprint density at radius 3 is 2.28 bits per heavy atom. The minimum absolute atomic E-state index is 0.981. The van der Waals surface area contributed by atoms with Crippen LogP contribution in [0.5, 0.6) is 0 Å². The number of nitrogens with zero attached hydrogens (tertiary/aromatic N) is 4. The van der Waals surface area contributed by atoms with Crippen LogP contribution in [-0.2, 0) is 14.1 Å². The average Bonchev–Trinajstić information content (AvgIpc) is 3.26. The summed E-state index contributed by atoms with van der Waals surface area (Å²) in [6, 6.07) is 21.4. The van der Waals surface area contributed by atoms with Crippen LogP contribution in [0.1, 0.15) is 0 Å². The molecule has 25 heavy (non-hydrogen) atoms. The Kier molecular flexibility index (Phi) is 2.21. The molecule has 0 fully saturated rings. The van der Waals surface area contributed by atoms with Crippen molar-refractivity contribution in [2.75, 3.05) is 0 Å². The molecule has 3 aromatic carbocycles. The largest absolute Gasteiger partial charge is 0.342 e. The maximum atomic E-state index is 4.86. The highest BCUT2D eigenvalue weighted by atomic mass is 15.2. The van der Waals surface area contributed by atoms with Crippen molar-refractivity contribution in [3.8, 4) is 0 Å². The van der Waals surface area contributed by atoms with Gasteiger partial charge in [-0.1, -0.05) is 30.3 Å². The topological polar surface area (TPSA) is 27.2 Å². The maximum Gasteiger partial charge on any atom is 0.215 e. The summed E-state index contributed by atoms with van der Waals surface area (Å²) in [5, 5.41) is 2.58. The van der Waals surface area contributed by atoms with Crippen LogP contribution in [0.2, 0.25) is 0 Å². The van der Waals surface area contributed by atoms with Crippen molar-refractivity contribution in [3.63, 3.8) is 0 Å². The molecular weight excluding hydrogens is 308 g/mol. The van der Waals surface area contributed by atoms with Gasteiger partial charge in [-0.2, -0.15) is 0 Å². The molecule has 0 bridgehead atoms. The molecule has 0 radical (unpaired) electrons. The lowest BCUT2D eigenvalue weighted by atomic mass is 10.1. The molecule has 3 aromatic heterocycles. The highest BCUT2D eigenvalue weighted by Gasteiger charge is 2.19. The van der Waals surface area contributed by atoms with Crippen LogP contribution >= 0.6 is 0 Å². The molecule has 0 saturated carbocycles.